The van der Waals surface area contributed by atoms with Crippen molar-refractivity contribution in [2.45, 2.75) is 31.3 Å². The van der Waals surface area contributed by atoms with Crippen LogP contribution < -0.4 is 9.46 Å². The van der Waals surface area contributed by atoms with Gasteiger partial charge in [-0.2, -0.15) is 0 Å². The van der Waals surface area contributed by atoms with Crippen LogP contribution in [0.3, 0.4) is 0 Å². The lowest BCUT2D eigenvalue weighted by Crippen LogP contribution is -2.29. The summed E-state index contributed by atoms with van der Waals surface area (Å²) < 4.78 is 48.4. The predicted molar refractivity (Wildman–Crippen MR) is 107 cm³/mol. The predicted octanol–water partition coefficient (Wildman–Crippen LogP) is 4.58. The van der Waals surface area contributed by atoms with Crippen LogP contribution in [0.5, 0.6) is 11.8 Å². The molecule has 0 aliphatic rings. The molecule has 0 unspecified atom stereocenters. The van der Waals surface area contributed by atoms with Crippen molar-refractivity contribution in [3.8, 4) is 11.8 Å². The van der Waals surface area contributed by atoms with Crippen LogP contribution in [0.25, 0.3) is 0 Å². The zero-order chi connectivity index (χ0) is 21.2. The Labute approximate surface area is 177 Å². The molecule has 0 aliphatic heterocycles. The summed E-state index contributed by atoms with van der Waals surface area (Å²) in [5, 5.41) is 8.04. The molecule has 0 saturated carbocycles. The second-order valence-electron chi connectivity index (χ2n) is 6.03. The molecule has 1 N–H and O–H groups in total. The molecule has 3 aromatic rings. The van der Waals surface area contributed by atoms with E-state index in [0.717, 1.165) is 0 Å². The van der Waals surface area contributed by atoms with E-state index in [2.05, 4.69) is 14.9 Å². The van der Waals surface area contributed by atoms with Gasteiger partial charge in [0, 0.05) is 6.54 Å². The van der Waals surface area contributed by atoms with E-state index in [4.69, 9.17) is 27.9 Å². The van der Waals surface area contributed by atoms with Gasteiger partial charge in [0.1, 0.15) is 16.5 Å². The number of ether oxygens (including phenoxy) is 1. The number of hydrogen-bond donors (Lipinski definition) is 1. The fourth-order valence-corrected chi connectivity index (χ4v) is 5.03. The van der Waals surface area contributed by atoms with Crippen LogP contribution in [0.15, 0.2) is 47.4 Å². The van der Waals surface area contributed by atoms with E-state index in [9.17, 15) is 12.8 Å². The SMILES string of the molecule is CCn1c(Oc2ccc(F)cc2)nnc1[C@@H](C)NS(=O)(=O)c1c(Cl)cccc1Cl. The molecule has 0 fully saturated rings. The summed E-state index contributed by atoms with van der Waals surface area (Å²) in [4.78, 5) is -0.208. The zero-order valence-corrected chi connectivity index (χ0v) is 17.8. The molecule has 3 rings (SSSR count). The van der Waals surface area contributed by atoms with Crippen molar-refractivity contribution in [3.05, 3.63) is 64.2 Å². The minimum Gasteiger partial charge on any atom is -0.424 e. The highest BCUT2D eigenvalue weighted by Gasteiger charge is 2.27. The van der Waals surface area contributed by atoms with Crippen molar-refractivity contribution in [2.24, 2.45) is 0 Å². The fourth-order valence-electron chi connectivity index (χ4n) is 2.68. The Morgan fingerprint density at radius 3 is 2.34 bits per heavy atom. The monoisotopic (exact) mass is 458 g/mol. The Hall–Kier alpha value is -2.20. The summed E-state index contributed by atoms with van der Waals surface area (Å²) >= 11 is 12.0. The van der Waals surface area contributed by atoms with E-state index in [1.165, 1.54) is 36.4 Å². The van der Waals surface area contributed by atoms with Crippen LogP contribution in [0, 0.1) is 5.82 Å². The molecule has 11 heteroatoms. The van der Waals surface area contributed by atoms with Gasteiger partial charge in [-0.1, -0.05) is 34.4 Å². The molecule has 0 aliphatic carbocycles. The molecule has 0 spiro atoms. The minimum absolute atomic E-state index is 0.00879. The van der Waals surface area contributed by atoms with Crippen LogP contribution in [0.1, 0.15) is 25.7 Å². The molecule has 2 aromatic carbocycles. The Bertz CT molecular complexity index is 1100. The van der Waals surface area contributed by atoms with Gasteiger partial charge < -0.3 is 4.74 Å². The summed E-state index contributed by atoms with van der Waals surface area (Å²) in [6, 6.07) is 9.25. The number of hydrogen-bond acceptors (Lipinski definition) is 5. The van der Waals surface area contributed by atoms with Gasteiger partial charge in [-0.05, 0) is 50.2 Å². The quantitative estimate of drug-likeness (QED) is 0.559. The van der Waals surface area contributed by atoms with Gasteiger partial charge in [-0.3, -0.25) is 4.57 Å². The van der Waals surface area contributed by atoms with Crippen LogP contribution >= 0.6 is 23.2 Å². The third-order valence-electron chi connectivity index (χ3n) is 3.99. The third-order valence-corrected chi connectivity index (χ3v) is 6.49. The summed E-state index contributed by atoms with van der Waals surface area (Å²) in [6.07, 6.45) is 0. The van der Waals surface area contributed by atoms with Crippen LogP contribution in [0.4, 0.5) is 4.39 Å². The molecule has 1 atom stereocenters. The van der Waals surface area contributed by atoms with E-state index < -0.39 is 21.9 Å². The number of halogens is 3. The van der Waals surface area contributed by atoms with Gasteiger partial charge in [-0.25, -0.2) is 17.5 Å². The first-order chi connectivity index (χ1) is 13.7. The van der Waals surface area contributed by atoms with Crippen LogP contribution in [0.2, 0.25) is 10.0 Å². The maximum Gasteiger partial charge on any atom is 0.322 e. The second kappa shape index (κ2) is 8.66. The van der Waals surface area contributed by atoms with Crippen LogP contribution in [-0.4, -0.2) is 23.2 Å². The van der Waals surface area contributed by atoms with Gasteiger partial charge in [0.2, 0.25) is 10.0 Å². The molecule has 29 heavy (non-hydrogen) atoms. The Morgan fingerprint density at radius 1 is 1.14 bits per heavy atom. The van der Waals surface area contributed by atoms with E-state index in [1.807, 2.05) is 6.92 Å². The first kappa shape index (κ1) is 21.5. The number of benzene rings is 2. The van der Waals surface area contributed by atoms with Crippen LogP contribution in [-0.2, 0) is 16.6 Å². The van der Waals surface area contributed by atoms with Crippen molar-refractivity contribution in [1.29, 1.82) is 0 Å². The van der Waals surface area contributed by atoms with Crippen molar-refractivity contribution in [3.63, 3.8) is 0 Å². The number of nitrogens with one attached hydrogen (secondary N) is 1. The first-order valence-corrected chi connectivity index (χ1v) is 10.8. The molecular formula is C18H17Cl2FN4O3S. The summed E-state index contributed by atoms with van der Waals surface area (Å²) in [5.74, 6) is 0.309. The molecule has 0 amide bonds. The van der Waals surface area contributed by atoms with Crippen molar-refractivity contribution in [1.82, 2.24) is 19.5 Å². The molecule has 0 saturated heterocycles. The molecule has 154 valence electrons. The van der Waals surface area contributed by atoms with Crippen molar-refractivity contribution in [2.75, 3.05) is 0 Å². The Balaban J connectivity index is 1.87. The molecule has 0 radical (unpaired) electrons. The first-order valence-electron chi connectivity index (χ1n) is 8.55. The number of aromatic nitrogens is 3. The molecule has 1 heterocycles. The maximum absolute atomic E-state index is 13.1. The highest BCUT2D eigenvalue weighted by atomic mass is 35.5. The van der Waals surface area contributed by atoms with E-state index >= 15 is 0 Å². The lowest BCUT2D eigenvalue weighted by atomic mass is 10.3. The maximum atomic E-state index is 13.1. The second-order valence-corrected chi connectivity index (χ2v) is 8.50. The van der Waals surface area contributed by atoms with Gasteiger partial charge >= 0.3 is 6.01 Å². The number of nitrogens with zero attached hydrogens (tertiary/aromatic N) is 3. The normalized spacial score (nSPS) is 12.7. The van der Waals surface area contributed by atoms with Gasteiger partial charge in [0.05, 0.1) is 16.1 Å². The number of sulfonamides is 1. The lowest BCUT2D eigenvalue weighted by Gasteiger charge is -2.16. The molecule has 7 nitrogen and oxygen atoms in total. The molecule has 1 aromatic heterocycles. The highest BCUT2D eigenvalue weighted by Crippen LogP contribution is 2.30. The highest BCUT2D eigenvalue weighted by molar-refractivity contribution is 7.89. The largest absolute Gasteiger partial charge is 0.424 e. The topological polar surface area (TPSA) is 86.1 Å². The number of rotatable bonds is 7. The zero-order valence-electron chi connectivity index (χ0n) is 15.4. The van der Waals surface area contributed by atoms with E-state index in [1.54, 1.807) is 17.6 Å². The average molecular weight is 459 g/mol. The Kier molecular flexibility index (Phi) is 6.42. The summed E-state index contributed by atoms with van der Waals surface area (Å²) in [7, 11) is -4.03. The van der Waals surface area contributed by atoms with Gasteiger partial charge in [0.25, 0.3) is 0 Å². The third kappa shape index (κ3) is 4.69. The van der Waals surface area contributed by atoms with Gasteiger partial charge in [0.15, 0.2) is 5.82 Å². The van der Waals surface area contributed by atoms with Gasteiger partial charge in [-0.15, -0.1) is 5.10 Å². The minimum atomic E-state index is -4.03. The van der Waals surface area contributed by atoms with Crippen molar-refractivity contribution >= 4 is 33.2 Å². The molecule has 0 bridgehead atoms. The standard InChI is InChI=1S/C18H17Cl2FN4O3S/c1-3-25-17(22-23-18(25)28-13-9-7-12(21)8-10-13)11(2)24-29(26,27)16-14(19)5-4-6-15(16)20/h4-11,24H,3H2,1-2H3/t11-/m1/s1. The van der Waals surface area contributed by atoms with E-state index in [0.29, 0.717) is 18.1 Å². The van der Waals surface area contributed by atoms with Crippen molar-refractivity contribution < 1.29 is 17.5 Å². The smallest absolute Gasteiger partial charge is 0.322 e. The lowest BCUT2D eigenvalue weighted by molar-refractivity contribution is 0.407. The fraction of sp³-hybridized carbons (Fsp3) is 0.222. The van der Waals surface area contributed by atoms with E-state index in [-0.39, 0.29) is 21.0 Å². The molecular weight excluding hydrogens is 442 g/mol. The summed E-state index contributed by atoms with van der Waals surface area (Å²) in [5.41, 5.74) is 0. The Morgan fingerprint density at radius 2 is 1.76 bits per heavy atom. The summed E-state index contributed by atoms with van der Waals surface area (Å²) in [6.45, 7) is 3.86. The average Bonchev–Trinajstić information content (AvgIpc) is 3.05.